The molecule has 0 bridgehead atoms. The Bertz CT molecular complexity index is 526. The van der Waals surface area contributed by atoms with Crippen molar-refractivity contribution in [1.82, 2.24) is 10.2 Å². The highest BCUT2D eigenvalue weighted by Gasteiger charge is 2.59. The maximum atomic E-state index is 5.89. The average molecular weight is 321 g/mol. The molecule has 1 saturated carbocycles. The molecule has 0 aromatic carbocycles. The van der Waals surface area contributed by atoms with Gasteiger partial charge in [-0.1, -0.05) is 13.8 Å². The van der Waals surface area contributed by atoms with E-state index in [1.807, 2.05) is 0 Å². The van der Waals surface area contributed by atoms with Crippen molar-refractivity contribution in [2.45, 2.75) is 45.9 Å². The fraction of sp³-hybridized carbons (Fsp3) is 0.706. The van der Waals surface area contributed by atoms with E-state index >= 15 is 0 Å². The second-order valence-electron chi connectivity index (χ2n) is 6.97. The summed E-state index contributed by atoms with van der Waals surface area (Å²) in [6.45, 7) is 9.30. The zero-order valence-electron chi connectivity index (χ0n) is 14.0. The monoisotopic (exact) mass is 321 g/mol. The summed E-state index contributed by atoms with van der Waals surface area (Å²) < 4.78 is 5.89. The van der Waals surface area contributed by atoms with Gasteiger partial charge in [-0.15, -0.1) is 0 Å². The standard InChI is InChI=1S/C17H27N3OS/c1-5-18-16(20(4)10-12-7-9-22-11-12)19-14-13-6-8-21-15(13)17(14,2)3/h7,9,11,13-15H,5-6,8,10H2,1-4H3,(H,18,19). The number of thiophene rings is 1. The van der Waals surface area contributed by atoms with E-state index in [0.29, 0.717) is 18.1 Å². The molecule has 2 aliphatic rings. The van der Waals surface area contributed by atoms with Gasteiger partial charge < -0.3 is 15.0 Å². The summed E-state index contributed by atoms with van der Waals surface area (Å²) in [7, 11) is 2.12. The van der Waals surface area contributed by atoms with E-state index in [1.165, 1.54) is 12.0 Å². The van der Waals surface area contributed by atoms with Crippen molar-refractivity contribution >= 4 is 17.3 Å². The van der Waals surface area contributed by atoms with E-state index in [-0.39, 0.29) is 5.41 Å². The zero-order chi connectivity index (χ0) is 15.7. The Balaban J connectivity index is 1.68. The van der Waals surface area contributed by atoms with Gasteiger partial charge in [-0.25, -0.2) is 0 Å². The van der Waals surface area contributed by atoms with Crippen LogP contribution in [-0.4, -0.2) is 43.2 Å². The van der Waals surface area contributed by atoms with Crippen molar-refractivity contribution in [3.8, 4) is 0 Å². The van der Waals surface area contributed by atoms with Crippen LogP contribution in [0.4, 0.5) is 0 Å². The van der Waals surface area contributed by atoms with E-state index in [2.05, 4.69) is 54.9 Å². The van der Waals surface area contributed by atoms with Crippen LogP contribution in [0.25, 0.3) is 0 Å². The summed E-state index contributed by atoms with van der Waals surface area (Å²) in [5, 5.41) is 8.06. The third-order valence-corrected chi connectivity index (χ3v) is 5.79. The maximum absolute atomic E-state index is 5.89. The minimum absolute atomic E-state index is 0.179. The first-order valence-electron chi connectivity index (χ1n) is 8.18. The van der Waals surface area contributed by atoms with Crippen molar-refractivity contribution in [2.24, 2.45) is 16.3 Å². The number of nitrogens with one attached hydrogen (secondary N) is 1. The van der Waals surface area contributed by atoms with Crippen molar-refractivity contribution < 1.29 is 4.74 Å². The summed E-state index contributed by atoms with van der Waals surface area (Å²) >= 11 is 1.75. The van der Waals surface area contributed by atoms with E-state index < -0.39 is 0 Å². The minimum atomic E-state index is 0.179. The van der Waals surface area contributed by atoms with Crippen LogP contribution >= 0.6 is 11.3 Å². The highest BCUT2D eigenvalue weighted by molar-refractivity contribution is 7.07. The molecule has 5 heteroatoms. The van der Waals surface area contributed by atoms with Crippen LogP contribution in [0, 0.1) is 11.3 Å². The Hall–Kier alpha value is -1.07. The number of nitrogens with zero attached hydrogens (tertiary/aromatic N) is 2. The largest absolute Gasteiger partial charge is 0.377 e. The smallest absolute Gasteiger partial charge is 0.194 e. The summed E-state index contributed by atoms with van der Waals surface area (Å²) in [6, 6.07) is 2.63. The molecule has 1 aromatic heterocycles. The predicted octanol–water partition coefficient (Wildman–Crippen LogP) is 2.96. The summed E-state index contributed by atoms with van der Waals surface area (Å²) in [5.74, 6) is 1.64. The normalized spacial score (nSPS) is 29.8. The van der Waals surface area contributed by atoms with Crippen LogP contribution in [-0.2, 0) is 11.3 Å². The van der Waals surface area contributed by atoms with Gasteiger partial charge in [-0.3, -0.25) is 4.99 Å². The molecule has 2 fully saturated rings. The molecular weight excluding hydrogens is 294 g/mol. The molecule has 1 N–H and O–H groups in total. The number of hydrogen-bond donors (Lipinski definition) is 1. The summed E-state index contributed by atoms with van der Waals surface area (Å²) in [6.07, 6.45) is 1.58. The number of rotatable bonds is 4. The molecule has 122 valence electrons. The Morgan fingerprint density at radius 1 is 1.55 bits per heavy atom. The molecule has 0 amide bonds. The van der Waals surface area contributed by atoms with E-state index in [1.54, 1.807) is 11.3 Å². The molecule has 22 heavy (non-hydrogen) atoms. The Labute approximate surface area is 137 Å². The first-order chi connectivity index (χ1) is 10.5. The molecule has 0 spiro atoms. The second-order valence-corrected chi connectivity index (χ2v) is 7.75. The molecule has 0 radical (unpaired) electrons. The van der Waals surface area contributed by atoms with Crippen LogP contribution in [0.3, 0.4) is 0 Å². The topological polar surface area (TPSA) is 36.9 Å². The molecule has 1 saturated heterocycles. The second kappa shape index (κ2) is 6.20. The molecule has 3 unspecified atom stereocenters. The van der Waals surface area contributed by atoms with Crippen molar-refractivity contribution in [3.05, 3.63) is 22.4 Å². The quantitative estimate of drug-likeness (QED) is 0.684. The SMILES string of the molecule is CCN=C(NC1C2CCOC2C1(C)C)N(C)Cc1ccsc1. The van der Waals surface area contributed by atoms with Gasteiger partial charge in [0.25, 0.3) is 0 Å². The molecule has 4 nitrogen and oxygen atoms in total. The van der Waals surface area contributed by atoms with Gasteiger partial charge in [0.15, 0.2) is 5.96 Å². The van der Waals surface area contributed by atoms with Gasteiger partial charge in [0, 0.05) is 44.1 Å². The number of fused-ring (bicyclic) bond motifs is 1. The lowest BCUT2D eigenvalue weighted by Crippen LogP contribution is -2.67. The number of ether oxygens (including phenoxy) is 1. The van der Waals surface area contributed by atoms with Crippen molar-refractivity contribution in [2.75, 3.05) is 20.2 Å². The Kier molecular flexibility index (Phi) is 4.46. The average Bonchev–Trinajstić information content (AvgIpc) is 3.13. The first-order valence-corrected chi connectivity index (χ1v) is 9.13. The van der Waals surface area contributed by atoms with Gasteiger partial charge in [0.2, 0.25) is 0 Å². The summed E-state index contributed by atoms with van der Waals surface area (Å²) in [4.78, 5) is 6.93. The molecule has 3 rings (SSSR count). The van der Waals surface area contributed by atoms with E-state index in [4.69, 9.17) is 9.73 Å². The molecule has 2 heterocycles. The van der Waals surface area contributed by atoms with E-state index in [9.17, 15) is 0 Å². The highest BCUT2D eigenvalue weighted by Crippen LogP contribution is 2.52. The van der Waals surface area contributed by atoms with Crippen LogP contribution in [0.2, 0.25) is 0 Å². The van der Waals surface area contributed by atoms with Gasteiger partial charge >= 0.3 is 0 Å². The van der Waals surface area contributed by atoms with Crippen molar-refractivity contribution in [3.63, 3.8) is 0 Å². The van der Waals surface area contributed by atoms with Gasteiger partial charge in [-0.2, -0.15) is 11.3 Å². The highest BCUT2D eigenvalue weighted by atomic mass is 32.1. The lowest BCUT2D eigenvalue weighted by atomic mass is 9.57. The first kappa shape index (κ1) is 15.8. The minimum Gasteiger partial charge on any atom is -0.377 e. The van der Waals surface area contributed by atoms with Gasteiger partial charge in [0.05, 0.1) is 6.10 Å². The lowest BCUT2D eigenvalue weighted by molar-refractivity contribution is -0.107. The fourth-order valence-corrected chi connectivity index (χ4v) is 4.57. The number of guanidine groups is 1. The van der Waals surface area contributed by atoms with Crippen LogP contribution < -0.4 is 5.32 Å². The van der Waals surface area contributed by atoms with Crippen molar-refractivity contribution in [1.29, 1.82) is 0 Å². The third-order valence-electron chi connectivity index (χ3n) is 5.05. The third kappa shape index (κ3) is 2.76. The predicted molar refractivity (Wildman–Crippen MR) is 92.3 cm³/mol. The van der Waals surface area contributed by atoms with Crippen LogP contribution in [0.1, 0.15) is 32.8 Å². The van der Waals surface area contributed by atoms with Gasteiger partial charge in [-0.05, 0) is 35.7 Å². The molecule has 1 aromatic rings. The molecule has 1 aliphatic carbocycles. The van der Waals surface area contributed by atoms with Crippen LogP contribution in [0.15, 0.2) is 21.8 Å². The zero-order valence-corrected chi connectivity index (χ0v) is 14.8. The Morgan fingerprint density at radius 2 is 2.36 bits per heavy atom. The maximum Gasteiger partial charge on any atom is 0.194 e. The van der Waals surface area contributed by atoms with Crippen LogP contribution in [0.5, 0.6) is 0 Å². The molecule has 1 aliphatic heterocycles. The molecule has 3 atom stereocenters. The van der Waals surface area contributed by atoms with E-state index in [0.717, 1.165) is 25.7 Å². The number of aliphatic imine (C=N–C) groups is 1. The Morgan fingerprint density at radius 3 is 3.05 bits per heavy atom. The fourth-order valence-electron chi connectivity index (χ4n) is 3.91. The van der Waals surface area contributed by atoms with Gasteiger partial charge in [0.1, 0.15) is 0 Å². The lowest BCUT2D eigenvalue weighted by Gasteiger charge is -2.55. The molecular formula is C17H27N3OS. The summed E-state index contributed by atoms with van der Waals surface area (Å²) in [5.41, 5.74) is 1.52. The number of hydrogen-bond acceptors (Lipinski definition) is 3.